The molecule has 0 radical (unpaired) electrons. The van der Waals surface area contributed by atoms with E-state index in [4.69, 9.17) is 4.74 Å². The van der Waals surface area contributed by atoms with Gasteiger partial charge in [0.15, 0.2) is 0 Å². The molecule has 1 atom stereocenters. The maximum absolute atomic E-state index is 12.3. The summed E-state index contributed by atoms with van der Waals surface area (Å²) in [6, 6.07) is 11.5. The number of ether oxygens (including phenoxy) is 1. The molecule has 0 spiro atoms. The van der Waals surface area contributed by atoms with E-state index >= 15 is 0 Å². The van der Waals surface area contributed by atoms with Gasteiger partial charge in [0.1, 0.15) is 6.10 Å². The molecule has 92 valence electrons. The lowest BCUT2D eigenvalue weighted by Gasteiger charge is -2.23. The molecule has 0 amide bonds. The number of hydrogen-bond donors (Lipinski definition) is 0. The number of Topliss-reactive ketones (excluding diaryl/α,β-unsaturated/α-hetero) is 2. The van der Waals surface area contributed by atoms with Gasteiger partial charge in [0.2, 0.25) is 11.6 Å². The summed E-state index contributed by atoms with van der Waals surface area (Å²) in [4.78, 5) is 24.4. The summed E-state index contributed by atoms with van der Waals surface area (Å²) < 4.78 is 5.59. The Labute approximate surface area is 109 Å². The lowest BCUT2D eigenvalue weighted by molar-refractivity contribution is -0.113. The normalized spacial score (nSPS) is 21.3. The zero-order valence-electron chi connectivity index (χ0n) is 10.1. The lowest BCUT2D eigenvalue weighted by Crippen LogP contribution is -2.27. The van der Waals surface area contributed by atoms with Gasteiger partial charge >= 0.3 is 0 Å². The summed E-state index contributed by atoms with van der Waals surface area (Å²) >= 11 is 0. The van der Waals surface area contributed by atoms with Crippen LogP contribution in [-0.4, -0.2) is 18.2 Å². The van der Waals surface area contributed by atoms with E-state index in [9.17, 15) is 9.59 Å². The van der Waals surface area contributed by atoms with Crippen LogP contribution in [0.2, 0.25) is 0 Å². The molecule has 1 unspecified atom stereocenters. The van der Waals surface area contributed by atoms with Crippen molar-refractivity contribution in [3.8, 4) is 0 Å². The van der Waals surface area contributed by atoms with E-state index in [-0.39, 0.29) is 6.10 Å². The Bertz CT molecular complexity index is 771. The molecular weight excluding hydrogens is 240 g/mol. The molecule has 0 saturated heterocycles. The highest BCUT2D eigenvalue weighted by atomic mass is 16.5. The fourth-order valence-electron chi connectivity index (χ4n) is 2.90. The van der Waals surface area contributed by atoms with Crippen molar-refractivity contribution in [2.45, 2.75) is 6.10 Å². The number of hydrogen-bond acceptors (Lipinski definition) is 3. The standard InChI is InChI=1S/C16H10O3/c17-14-12-7-8-19-16(12)11-6-5-9-3-1-2-4-10(9)13(11)15(14)18/h1-7,16H,8H2. The van der Waals surface area contributed by atoms with E-state index in [1.54, 1.807) is 6.08 Å². The highest BCUT2D eigenvalue weighted by molar-refractivity contribution is 6.52. The summed E-state index contributed by atoms with van der Waals surface area (Å²) in [6.07, 6.45) is 1.34. The molecule has 2 aromatic rings. The Hall–Kier alpha value is -2.26. The van der Waals surface area contributed by atoms with E-state index < -0.39 is 11.6 Å². The highest BCUT2D eigenvalue weighted by Gasteiger charge is 2.40. The second-order valence-electron chi connectivity index (χ2n) is 4.78. The maximum Gasteiger partial charge on any atom is 0.234 e. The first-order chi connectivity index (χ1) is 9.27. The SMILES string of the molecule is O=C1C(=O)c2c(ccc3ccccc23)C2OCC=C12. The third-order valence-corrected chi connectivity index (χ3v) is 3.79. The second-order valence-corrected chi connectivity index (χ2v) is 4.78. The molecule has 19 heavy (non-hydrogen) atoms. The summed E-state index contributed by atoms with van der Waals surface area (Å²) in [5.41, 5.74) is 1.81. The smallest absolute Gasteiger partial charge is 0.234 e. The average molecular weight is 250 g/mol. The topological polar surface area (TPSA) is 43.4 Å². The summed E-state index contributed by atoms with van der Waals surface area (Å²) in [7, 11) is 0. The molecule has 2 aromatic carbocycles. The first-order valence-electron chi connectivity index (χ1n) is 6.19. The zero-order valence-corrected chi connectivity index (χ0v) is 10.1. The Balaban J connectivity index is 2.11. The molecule has 1 aliphatic heterocycles. The van der Waals surface area contributed by atoms with Crippen molar-refractivity contribution in [1.29, 1.82) is 0 Å². The molecule has 2 aliphatic rings. The summed E-state index contributed by atoms with van der Waals surface area (Å²) in [5.74, 6) is -0.842. The third kappa shape index (κ3) is 1.30. The Kier molecular flexibility index (Phi) is 2.03. The molecular formula is C16H10O3. The van der Waals surface area contributed by atoms with E-state index in [0.29, 0.717) is 17.7 Å². The van der Waals surface area contributed by atoms with Crippen molar-refractivity contribution in [3.63, 3.8) is 0 Å². The van der Waals surface area contributed by atoms with E-state index in [1.165, 1.54) is 0 Å². The molecule has 3 nitrogen and oxygen atoms in total. The zero-order chi connectivity index (χ0) is 13.0. The quantitative estimate of drug-likeness (QED) is 0.675. The average Bonchev–Trinajstić information content (AvgIpc) is 2.93. The Morgan fingerprint density at radius 3 is 2.74 bits per heavy atom. The molecule has 0 bridgehead atoms. The van der Waals surface area contributed by atoms with Crippen LogP contribution in [-0.2, 0) is 9.53 Å². The molecule has 0 saturated carbocycles. The van der Waals surface area contributed by atoms with Crippen LogP contribution in [0.25, 0.3) is 10.8 Å². The fraction of sp³-hybridized carbons (Fsp3) is 0.125. The van der Waals surface area contributed by atoms with Crippen molar-refractivity contribution in [2.24, 2.45) is 0 Å². The van der Waals surface area contributed by atoms with Crippen LogP contribution in [0.1, 0.15) is 22.0 Å². The van der Waals surface area contributed by atoms with Crippen molar-refractivity contribution in [2.75, 3.05) is 6.61 Å². The van der Waals surface area contributed by atoms with Gasteiger partial charge in [-0.25, -0.2) is 0 Å². The van der Waals surface area contributed by atoms with E-state index in [1.807, 2.05) is 36.4 Å². The van der Waals surface area contributed by atoms with Gasteiger partial charge < -0.3 is 4.74 Å². The predicted octanol–water partition coefficient (Wildman–Crippen LogP) is 2.60. The fourth-order valence-corrected chi connectivity index (χ4v) is 2.90. The first kappa shape index (κ1) is 10.6. The molecule has 1 aliphatic carbocycles. The highest BCUT2D eigenvalue weighted by Crippen LogP contribution is 2.40. The van der Waals surface area contributed by atoms with Crippen LogP contribution in [0.4, 0.5) is 0 Å². The van der Waals surface area contributed by atoms with Crippen LogP contribution < -0.4 is 0 Å². The van der Waals surface area contributed by atoms with Crippen LogP contribution >= 0.6 is 0 Å². The van der Waals surface area contributed by atoms with E-state index in [0.717, 1.165) is 16.3 Å². The van der Waals surface area contributed by atoms with Gasteiger partial charge in [-0.05, 0) is 22.4 Å². The molecule has 4 rings (SSSR count). The van der Waals surface area contributed by atoms with Crippen LogP contribution in [0.5, 0.6) is 0 Å². The summed E-state index contributed by atoms with van der Waals surface area (Å²) in [6.45, 7) is 0.394. The minimum Gasteiger partial charge on any atom is -0.365 e. The van der Waals surface area contributed by atoms with Crippen molar-refractivity contribution in [3.05, 3.63) is 59.2 Å². The number of ketones is 2. The van der Waals surface area contributed by atoms with Crippen molar-refractivity contribution < 1.29 is 14.3 Å². The third-order valence-electron chi connectivity index (χ3n) is 3.79. The number of fused-ring (bicyclic) bond motifs is 5. The van der Waals surface area contributed by atoms with Crippen molar-refractivity contribution in [1.82, 2.24) is 0 Å². The molecule has 0 fully saturated rings. The number of benzene rings is 2. The molecule has 0 aromatic heterocycles. The van der Waals surface area contributed by atoms with Gasteiger partial charge in [0, 0.05) is 11.1 Å². The number of carbonyl (C=O) groups is 2. The van der Waals surface area contributed by atoms with Crippen LogP contribution in [0.15, 0.2) is 48.0 Å². The Morgan fingerprint density at radius 1 is 1.00 bits per heavy atom. The maximum atomic E-state index is 12.3. The van der Waals surface area contributed by atoms with Crippen LogP contribution in [0, 0.1) is 0 Å². The predicted molar refractivity (Wildman–Crippen MR) is 70.1 cm³/mol. The summed E-state index contributed by atoms with van der Waals surface area (Å²) in [5, 5.41) is 1.79. The number of rotatable bonds is 0. The van der Waals surface area contributed by atoms with Gasteiger partial charge in [-0.3, -0.25) is 9.59 Å². The molecule has 3 heteroatoms. The monoisotopic (exact) mass is 250 g/mol. The van der Waals surface area contributed by atoms with Gasteiger partial charge in [0.25, 0.3) is 0 Å². The van der Waals surface area contributed by atoms with Crippen molar-refractivity contribution >= 4 is 22.3 Å². The van der Waals surface area contributed by atoms with Gasteiger partial charge in [-0.2, -0.15) is 0 Å². The minimum atomic E-state index is -0.425. The first-order valence-corrected chi connectivity index (χ1v) is 6.19. The number of carbonyl (C=O) groups excluding carboxylic acids is 2. The van der Waals surface area contributed by atoms with Crippen LogP contribution in [0.3, 0.4) is 0 Å². The van der Waals surface area contributed by atoms with Gasteiger partial charge in [-0.1, -0.05) is 36.4 Å². The largest absolute Gasteiger partial charge is 0.365 e. The van der Waals surface area contributed by atoms with E-state index in [2.05, 4.69) is 0 Å². The Morgan fingerprint density at radius 2 is 1.84 bits per heavy atom. The molecule has 0 N–H and O–H groups in total. The van der Waals surface area contributed by atoms with Gasteiger partial charge in [0.05, 0.1) is 6.61 Å². The second kappa shape index (κ2) is 3.62. The minimum absolute atomic E-state index is 0.371. The lowest BCUT2D eigenvalue weighted by atomic mass is 9.82. The van der Waals surface area contributed by atoms with Gasteiger partial charge in [-0.15, -0.1) is 0 Å². The molecule has 1 heterocycles.